The molecule has 3 rings (SSSR count). The molecule has 1 heterocycles. The van der Waals surface area contributed by atoms with Crippen LogP contribution in [0.2, 0.25) is 0 Å². The van der Waals surface area contributed by atoms with Crippen LogP contribution < -0.4 is 4.72 Å². The summed E-state index contributed by atoms with van der Waals surface area (Å²) in [7, 11) is -3.50. The van der Waals surface area contributed by atoms with E-state index in [0.717, 1.165) is 24.2 Å². The second kappa shape index (κ2) is 8.74. The maximum absolute atomic E-state index is 12.6. The summed E-state index contributed by atoms with van der Waals surface area (Å²) in [5.41, 5.74) is 2.28. The monoisotopic (exact) mass is 402 g/mol. The second-order valence-electron chi connectivity index (χ2n) is 8.24. The van der Waals surface area contributed by atoms with Crippen LogP contribution in [0.4, 0.5) is 0 Å². The van der Waals surface area contributed by atoms with Gasteiger partial charge in [-0.3, -0.25) is 4.90 Å². The molecule has 1 unspecified atom stereocenters. The lowest BCUT2D eigenvalue weighted by Crippen LogP contribution is -2.42. The van der Waals surface area contributed by atoms with Gasteiger partial charge in [-0.1, -0.05) is 63.2 Å². The average molecular weight is 403 g/mol. The molecule has 2 aromatic rings. The van der Waals surface area contributed by atoms with E-state index in [2.05, 4.69) is 42.5 Å². The molecule has 2 aromatic carbocycles. The molecule has 0 saturated carbocycles. The van der Waals surface area contributed by atoms with Crippen molar-refractivity contribution in [3.05, 3.63) is 65.7 Å². The van der Waals surface area contributed by atoms with Gasteiger partial charge < -0.3 is 4.74 Å². The zero-order chi connectivity index (χ0) is 20.2. The molecular weight excluding hydrogens is 372 g/mol. The first-order valence-corrected chi connectivity index (χ1v) is 11.2. The van der Waals surface area contributed by atoms with Gasteiger partial charge in [0.1, 0.15) is 0 Å². The van der Waals surface area contributed by atoms with Gasteiger partial charge in [-0.25, -0.2) is 13.1 Å². The standard InChI is InChI=1S/C22H30N2O3S/c1-22(2,3)19-9-11-20(12-10-19)28(25,26)23-13-14-24-15-16-27-21(17-24)18-7-5-4-6-8-18/h4-12,21,23H,13-17H2,1-3H3. The van der Waals surface area contributed by atoms with E-state index in [0.29, 0.717) is 24.6 Å². The number of morpholine rings is 1. The van der Waals surface area contributed by atoms with Crippen LogP contribution in [0, 0.1) is 0 Å². The van der Waals surface area contributed by atoms with Crippen molar-refractivity contribution in [1.82, 2.24) is 9.62 Å². The first-order chi connectivity index (χ1) is 13.3. The van der Waals surface area contributed by atoms with Gasteiger partial charge in [0.2, 0.25) is 10.0 Å². The first-order valence-electron chi connectivity index (χ1n) is 9.75. The molecule has 6 heteroatoms. The second-order valence-corrected chi connectivity index (χ2v) is 10.0. The molecule has 1 fully saturated rings. The third kappa shape index (κ3) is 5.41. The molecule has 0 radical (unpaired) electrons. The third-order valence-corrected chi connectivity index (χ3v) is 6.55. The SMILES string of the molecule is CC(C)(C)c1ccc(S(=O)(=O)NCCN2CCOC(c3ccccc3)C2)cc1. The fourth-order valence-electron chi connectivity index (χ4n) is 3.33. The Morgan fingerprint density at radius 3 is 2.39 bits per heavy atom. The minimum Gasteiger partial charge on any atom is -0.371 e. The number of hydrogen-bond acceptors (Lipinski definition) is 4. The van der Waals surface area contributed by atoms with Crippen LogP contribution in [0.15, 0.2) is 59.5 Å². The highest BCUT2D eigenvalue weighted by Crippen LogP contribution is 2.24. The minimum absolute atomic E-state index is 0.00134. The van der Waals surface area contributed by atoms with Crippen molar-refractivity contribution >= 4 is 10.0 Å². The lowest BCUT2D eigenvalue weighted by atomic mass is 9.87. The summed E-state index contributed by atoms with van der Waals surface area (Å²) in [6, 6.07) is 17.3. The summed E-state index contributed by atoms with van der Waals surface area (Å²) in [5, 5.41) is 0. The molecule has 0 aromatic heterocycles. The fraction of sp³-hybridized carbons (Fsp3) is 0.455. The highest BCUT2D eigenvalue weighted by atomic mass is 32.2. The Hall–Kier alpha value is -1.73. The Kier molecular flexibility index (Phi) is 6.55. The third-order valence-electron chi connectivity index (χ3n) is 5.07. The van der Waals surface area contributed by atoms with E-state index in [1.807, 2.05) is 30.3 Å². The van der Waals surface area contributed by atoms with Crippen molar-refractivity contribution in [3.63, 3.8) is 0 Å². The zero-order valence-corrected chi connectivity index (χ0v) is 17.7. The van der Waals surface area contributed by atoms with Gasteiger partial charge in [-0.2, -0.15) is 0 Å². The summed E-state index contributed by atoms with van der Waals surface area (Å²) < 4.78 is 33.7. The molecule has 0 spiro atoms. The Bertz CT molecular complexity index is 859. The molecule has 152 valence electrons. The van der Waals surface area contributed by atoms with Crippen LogP contribution in [0.3, 0.4) is 0 Å². The van der Waals surface area contributed by atoms with Crippen molar-refractivity contribution in [3.8, 4) is 0 Å². The number of hydrogen-bond donors (Lipinski definition) is 1. The molecule has 1 aliphatic heterocycles. The number of nitrogens with one attached hydrogen (secondary N) is 1. The van der Waals surface area contributed by atoms with E-state index in [1.54, 1.807) is 12.1 Å². The van der Waals surface area contributed by atoms with Crippen LogP contribution in [0.1, 0.15) is 38.0 Å². The summed E-state index contributed by atoms with van der Waals surface area (Å²) in [6.45, 7) is 9.61. The molecule has 1 saturated heterocycles. The van der Waals surface area contributed by atoms with Crippen molar-refractivity contribution in [2.75, 3.05) is 32.8 Å². The number of ether oxygens (including phenoxy) is 1. The Morgan fingerprint density at radius 2 is 1.75 bits per heavy atom. The Morgan fingerprint density at radius 1 is 1.07 bits per heavy atom. The zero-order valence-electron chi connectivity index (χ0n) is 16.9. The molecule has 1 N–H and O–H groups in total. The summed E-state index contributed by atoms with van der Waals surface area (Å²) in [6.07, 6.45) is 0.0384. The molecular formula is C22H30N2O3S. The van der Waals surface area contributed by atoms with Crippen molar-refractivity contribution in [2.45, 2.75) is 37.2 Å². The quantitative estimate of drug-likeness (QED) is 0.805. The molecule has 0 aliphatic carbocycles. The predicted molar refractivity (Wildman–Crippen MR) is 112 cm³/mol. The normalized spacial score (nSPS) is 18.9. The molecule has 5 nitrogen and oxygen atoms in total. The van der Waals surface area contributed by atoms with E-state index in [4.69, 9.17) is 4.74 Å². The highest BCUT2D eigenvalue weighted by Gasteiger charge is 2.22. The van der Waals surface area contributed by atoms with Gasteiger partial charge in [-0.05, 0) is 28.7 Å². The van der Waals surface area contributed by atoms with Crippen LogP contribution >= 0.6 is 0 Å². The van der Waals surface area contributed by atoms with Gasteiger partial charge in [0.05, 0.1) is 17.6 Å². The van der Waals surface area contributed by atoms with Gasteiger partial charge in [-0.15, -0.1) is 0 Å². The largest absolute Gasteiger partial charge is 0.371 e. The van der Waals surface area contributed by atoms with E-state index in [1.165, 1.54) is 0 Å². The molecule has 0 amide bonds. The number of rotatable bonds is 6. The van der Waals surface area contributed by atoms with Gasteiger partial charge in [0.25, 0.3) is 0 Å². The van der Waals surface area contributed by atoms with Crippen molar-refractivity contribution < 1.29 is 13.2 Å². The van der Waals surface area contributed by atoms with Gasteiger partial charge >= 0.3 is 0 Å². The maximum atomic E-state index is 12.6. The van der Waals surface area contributed by atoms with Gasteiger partial charge in [0, 0.05) is 26.2 Å². The van der Waals surface area contributed by atoms with E-state index in [-0.39, 0.29) is 11.5 Å². The predicted octanol–water partition coefficient (Wildman–Crippen LogP) is 3.34. The average Bonchev–Trinajstić information content (AvgIpc) is 2.68. The highest BCUT2D eigenvalue weighted by molar-refractivity contribution is 7.89. The molecule has 1 atom stereocenters. The van der Waals surface area contributed by atoms with Crippen molar-refractivity contribution in [2.24, 2.45) is 0 Å². The van der Waals surface area contributed by atoms with Crippen molar-refractivity contribution in [1.29, 1.82) is 0 Å². The first kappa shape index (κ1) is 21.0. The van der Waals surface area contributed by atoms with E-state index < -0.39 is 10.0 Å². The van der Waals surface area contributed by atoms with Crippen LogP contribution in [-0.2, 0) is 20.2 Å². The Labute approximate surface area is 168 Å². The lowest BCUT2D eigenvalue weighted by Gasteiger charge is -2.33. The molecule has 0 bridgehead atoms. The molecule has 1 aliphatic rings. The summed E-state index contributed by atoms with van der Waals surface area (Å²) in [4.78, 5) is 2.55. The van der Waals surface area contributed by atoms with E-state index >= 15 is 0 Å². The van der Waals surface area contributed by atoms with Crippen LogP contribution in [-0.4, -0.2) is 46.1 Å². The lowest BCUT2D eigenvalue weighted by molar-refractivity contribution is -0.0291. The van der Waals surface area contributed by atoms with Crippen LogP contribution in [0.5, 0.6) is 0 Å². The summed E-state index contributed by atoms with van der Waals surface area (Å²) >= 11 is 0. The Balaban J connectivity index is 1.53. The number of sulfonamides is 1. The topological polar surface area (TPSA) is 58.6 Å². The fourth-order valence-corrected chi connectivity index (χ4v) is 4.35. The van der Waals surface area contributed by atoms with E-state index in [9.17, 15) is 8.42 Å². The maximum Gasteiger partial charge on any atom is 0.240 e. The molecule has 28 heavy (non-hydrogen) atoms. The van der Waals surface area contributed by atoms with Crippen LogP contribution in [0.25, 0.3) is 0 Å². The minimum atomic E-state index is -3.50. The smallest absolute Gasteiger partial charge is 0.240 e. The van der Waals surface area contributed by atoms with Gasteiger partial charge in [0.15, 0.2) is 0 Å². The number of nitrogens with zero attached hydrogens (tertiary/aromatic N) is 1. The summed E-state index contributed by atoms with van der Waals surface area (Å²) in [5.74, 6) is 0. The number of benzene rings is 2.